The lowest BCUT2D eigenvalue weighted by Gasteiger charge is -2.11. The summed E-state index contributed by atoms with van der Waals surface area (Å²) in [5.74, 6) is -1.69. The Bertz CT molecular complexity index is 1340. The predicted octanol–water partition coefficient (Wildman–Crippen LogP) is 10.3. The van der Waals surface area contributed by atoms with Crippen LogP contribution in [-0.2, 0) is 12.8 Å². The second-order valence-electron chi connectivity index (χ2n) is 10.2. The lowest BCUT2D eigenvalue weighted by Crippen LogP contribution is -2.00. The number of rotatable bonds is 13. The summed E-state index contributed by atoms with van der Waals surface area (Å²) in [4.78, 5) is 0. The van der Waals surface area contributed by atoms with Crippen LogP contribution in [0.2, 0.25) is 0 Å². The average molecular weight is 531 g/mol. The molecule has 4 aromatic rings. The van der Waals surface area contributed by atoms with Crippen LogP contribution < -0.4 is 4.74 Å². The van der Waals surface area contributed by atoms with E-state index in [1.807, 2.05) is 49.4 Å². The van der Waals surface area contributed by atoms with Gasteiger partial charge in [0, 0.05) is 5.56 Å². The first-order valence-corrected chi connectivity index (χ1v) is 14.0. The van der Waals surface area contributed by atoms with Crippen LogP contribution in [0.5, 0.6) is 5.75 Å². The SMILES string of the molecule is CCCCCCCCOc1ccc(-c2ccc(CCc3ccc(-c4ccc(C)cc4)c(F)c3F)cc2)cc1F. The van der Waals surface area contributed by atoms with Crippen LogP contribution in [-0.4, -0.2) is 6.61 Å². The molecule has 0 heterocycles. The number of hydrogen-bond acceptors (Lipinski definition) is 1. The van der Waals surface area contributed by atoms with E-state index >= 15 is 0 Å². The molecule has 0 saturated carbocycles. The zero-order valence-corrected chi connectivity index (χ0v) is 22.9. The van der Waals surface area contributed by atoms with E-state index in [-0.39, 0.29) is 17.1 Å². The minimum absolute atomic E-state index is 0.270. The second-order valence-corrected chi connectivity index (χ2v) is 10.2. The number of ether oxygens (including phenoxy) is 1. The van der Waals surface area contributed by atoms with Gasteiger partial charge in [0.25, 0.3) is 0 Å². The third-order valence-corrected chi connectivity index (χ3v) is 7.18. The van der Waals surface area contributed by atoms with Crippen molar-refractivity contribution in [2.24, 2.45) is 0 Å². The summed E-state index contributed by atoms with van der Waals surface area (Å²) in [6.07, 6.45) is 7.92. The summed E-state index contributed by atoms with van der Waals surface area (Å²) in [6.45, 7) is 4.68. The number of aryl methyl sites for hydroxylation is 3. The van der Waals surface area contributed by atoms with Crippen molar-refractivity contribution in [2.45, 2.75) is 65.2 Å². The van der Waals surface area contributed by atoms with Crippen LogP contribution in [0.15, 0.2) is 78.9 Å². The van der Waals surface area contributed by atoms with Crippen LogP contribution >= 0.6 is 0 Å². The fourth-order valence-corrected chi connectivity index (χ4v) is 4.74. The van der Waals surface area contributed by atoms with Crippen molar-refractivity contribution in [1.82, 2.24) is 0 Å². The monoisotopic (exact) mass is 530 g/mol. The van der Waals surface area contributed by atoms with Gasteiger partial charge < -0.3 is 4.74 Å². The number of hydrogen-bond donors (Lipinski definition) is 0. The molecule has 0 saturated heterocycles. The zero-order valence-electron chi connectivity index (χ0n) is 22.9. The van der Waals surface area contributed by atoms with Crippen LogP contribution in [0.3, 0.4) is 0 Å². The molecule has 0 aliphatic heterocycles. The van der Waals surface area contributed by atoms with Crippen molar-refractivity contribution >= 4 is 0 Å². The van der Waals surface area contributed by atoms with E-state index in [1.165, 1.54) is 31.7 Å². The highest BCUT2D eigenvalue weighted by Crippen LogP contribution is 2.29. The summed E-state index contributed by atoms with van der Waals surface area (Å²) in [5, 5.41) is 0. The van der Waals surface area contributed by atoms with Gasteiger partial charge in [-0.3, -0.25) is 0 Å². The fourth-order valence-electron chi connectivity index (χ4n) is 4.74. The average Bonchev–Trinajstić information content (AvgIpc) is 2.95. The molecule has 0 unspecified atom stereocenters. The number of halogens is 3. The third kappa shape index (κ3) is 7.75. The van der Waals surface area contributed by atoms with Crippen LogP contribution in [0.4, 0.5) is 13.2 Å². The Morgan fingerprint density at radius 1 is 0.615 bits per heavy atom. The van der Waals surface area contributed by atoms with Gasteiger partial charge in [0.05, 0.1) is 6.61 Å². The molecule has 0 aliphatic rings. The Hall–Kier alpha value is -3.53. The van der Waals surface area contributed by atoms with E-state index in [9.17, 15) is 13.2 Å². The molecular weight excluding hydrogens is 493 g/mol. The van der Waals surface area contributed by atoms with Gasteiger partial charge in [-0.2, -0.15) is 0 Å². The Kier molecular flexibility index (Phi) is 10.2. The Labute approximate surface area is 230 Å². The molecule has 39 heavy (non-hydrogen) atoms. The van der Waals surface area contributed by atoms with Crippen molar-refractivity contribution < 1.29 is 17.9 Å². The van der Waals surface area contributed by atoms with Gasteiger partial charge in [0.15, 0.2) is 23.2 Å². The lowest BCUT2D eigenvalue weighted by atomic mass is 9.97. The van der Waals surface area contributed by atoms with E-state index in [0.29, 0.717) is 30.6 Å². The summed E-state index contributed by atoms with van der Waals surface area (Å²) >= 11 is 0. The first-order valence-electron chi connectivity index (χ1n) is 14.0. The molecule has 0 bridgehead atoms. The van der Waals surface area contributed by atoms with Crippen LogP contribution in [0, 0.1) is 24.4 Å². The first kappa shape index (κ1) is 28.5. The van der Waals surface area contributed by atoms with Crippen molar-refractivity contribution in [3.63, 3.8) is 0 Å². The van der Waals surface area contributed by atoms with Gasteiger partial charge >= 0.3 is 0 Å². The van der Waals surface area contributed by atoms with Gasteiger partial charge in [0.1, 0.15) is 0 Å². The topological polar surface area (TPSA) is 9.23 Å². The summed E-state index contributed by atoms with van der Waals surface area (Å²) < 4.78 is 49.9. The molecule has 4 aromatic carbocycles. The first-order chi connectivity index (χ1) is 19.0. The van der Waals surface area contributed by atoms with Crippen molar-refractivity contribution in [1.29, 1.82) is 0 Å². The van der Waals surface area contributed by atoms with E-state index < -0.39 is 11.6 Å². The van der Waals surface area contributed by atoms with Crippen molar-refractivity contribution in [3.05, 3.63) is 113 Å². The normalized spacial score (nSPS) is 11.1. The van der Waals surface area contributed by atoms with Gasteiger partial charge in [-0.25, -0.2) is 13.2 Å². The zero-order chi connectivity index (χ0) is 27.6. The minimum atomic E-state index is -0.812. The van der Waals surface area contributed by atoms with E-state index in [1.54, 1.807) is 30.3 Å². The Balaban J connectivity index is 1.32. The van der Waals surface area contributed by atoms with Gasteiger partial charge in [-0.1, -0.05) is 111 Å². The maximum atomic E-state index is 14.8. The minimum Gasteiger partial charge on any atom is -0.491 e. The Morgan fingerprint density at radius 3 is 2.00 bits per heavy atom. The van der Waals surface area contributed by atoms with Crippen molar-refractivity contribution in [2.75, 3.05) is 6.61 Å². The summed E-state index contributed by atoms with van der Waals surface area (Å²) in [7, 11) is 0. The maximum absolute atomic E-state index is 14.8. The molecule has 4 rings (SSSR count). The molecule has 0 atom stereocenters. The third-order valence-electron chi connectivity index (χ3n) is 7.18. The fraction of sp³-hybridized carbons (Fsp3) is 0.314. The van der Waals surface area contributed by atoms with Crippen LogP contribution in [0.1, 0.15) is 62.1 Å². The number of unbranched alkanes of at least 4 members (excludes halogenated alkanes) is 5. The number of benzene rings is 4. The Morgan fingerprint density at radius 2 is 1.28 bits per heavy atom. The highest BCUT2D eigenvalue weighted by molar-refractivity contribution is 5.66. The molecular formula is C35H37F3O. The molecule has 0 radical (unpaired) electrons. The van der Waals surface area contributed by atoms with Gasteiger partial charge in [-0.15, -0.1) is 0 Å². The summed E-state index contributed by atoms with van der Waals surface area (Å²) in [5.41, 5.74) is 5.01. The standard InChI is InChI=1S/C35H37F3O/c1-3-4-5-6-7-8-23-39-33-22-20-30(24-32(33)36)27-16-11-26(12-17-27)13-18-29-19-21-31(35(38)34(29)37)28-14-9-25(2)10-15-28/h9-12,14-17,19-22,24H,3-8,13,18,23H2,1-2H3. The van der Waals surface area contributed by atoms with Crippen molar-refractivity contribution in [3.8, 4) is 28.0 Å². The summed E-state index contributed by atoms with van der Waals surface area (Å²) in [6, 6.07) is 23.5. The predicted molar refractivity (Wildman–Crippen MR) is 155 cm³/mol. The molecule has 0 aliphatic carbocycles. The molecule has 0 aromatic heterocycles. The lowest BCUT2D eigenvalue weighted by molar-refractivity contribution is 0.290. The molecule has 1 nitrogen and oxygen atoms in total. The largest absolute Gasteiger partial charge is 0.491 e. The van der Waals surface area contributed by atoms with Gasteiger partial charge in [-0.05, 0) is 66.1 Å². The van der Waals surface area contributed by atoms with Crippen LogP contribution in [0.25, 0.3) is 22.3 Å². The second kappa shape index (κ2) is 14.0. The molecule has 4 heteroatoms. The smallest absolute Gasteiger partial charge is 0.166 e. The van der Waals surface area contributed by atoms with E-state index in [0.717, 1.165) is 35.1 Å². The molecule has 0 spiro atoms. The quantitative estimate of drug-likeness (QED) is 0.156. The molecule has 0 amide bonds. The maximum Gasteiger partial charge on any atom is 0.166 e. The molecule has 204 valence electrons. The molecule has 0 fully saturated rings. The van der Waals surface area contributed by atoms with E-state index in [2.05, 4.69) is 6.92 Å². The van der Waals surface area contributed by atoms with Gasteiger partial charge in [0.2, 0.25) is 0 Å². The highest BCUT2D eigenvalue weighted by atomic mass is 19.2. The molecule has 0 N–H and O–H groups in total. The van der Waals surface area contributed by atoms with E-state index in [4.69, 9.17) is 4.74 Å². The highest BCUT2D eigenvalue weighted by Gasteiger charge is 2.15.